The summed E-state index contributed by atoms with van der Waals surface area (Å²) in [6.07, 6.45) is 35.0. The summed E-state index contributed by atoms with van der Waals surface area (Å²) in [6, 6.07) is 0. The molecular weight excluding hydrogens is 1110 g/mol. The SMILES string of the molecule is CCC(C)CCCCCCCCC(=O)O[C@H](COC(=O)CCCCCCCCCCCCCC(C)C)COP(=O)(O)OCC(O)COP(=O)(O)OC[C@@H](COC(=O)CCCCCCCCCC(C)C)OC(=O)CCCCCCCCC(C)CC. The largest absolute Gasteiger partial charge is 0.472 e. The minimum atomic E-state index is -4.95. The van der Waals surface area contributed by atoms with E-state index in [0.717, 1.165) is 114 Å². The number of unbranched alkanes of at least 4 members (excludes halogenated alkanes) is 26. The van der Waals surface area contributed by atoms with E-state index in [0.29, 0.717) is 31.6 Å². The van der Waals surface area contributed by atoms with Crippen LogP contribution in [-0.2, 0) is 65.4 Å². The van der Waals surface area contributed by atoms with Crippen LogP contribution in [0.1, 0.15) is 312 Å². The maximum Gasteiger partial charge on any atom is 0.472 e. The number of phosphoric ester groups is 2. The zero-order chi connectivity index (χ0) is 62.5. The molecular formula is C65H126O17P2. The van der Waals surface area contributed by atoms with E-state index in [2.05, 4.69) is 55.4 Å². The molecule has 84 heavy (non-hydrogen) atoms. The van der Waals surface area contributed by atoms with Crippen LogP contribution in [0.2, 0.25) is 0 Å². The average Bonchev–Trinajstić information content (AvgIpc) is 3.57. The van der Waals surface area contributed by atoms with Gasteiger partial charge in [-0.05, 0) is 49.4 Å². The molecule has 0 amide bonds. The summed E-state index contributed by atoms with van der Waals surface area (Å²) in [5.74, 6) is 0.774. The number of rotatable bonds is 62. The van der Waals surface area contributed by atoms with Crippen LogP contribution in [0.25, 0.3) is 0 Å². The molecule has 0 aromatic heterocycles. The molecule has 0 saturated carbocycles. The van der Waals surface area contributed by atoms with E-state index < -0.39 is 97.5 Å². The van der Waals surface area contributed by atoms with Gasteiger partial charge < -0.3 is 33.8 Å². The van der Waals surface area contributed by atoms with Crippen molar-refractivity contribution in [3.05, 3.63) is 0 Å². The topological polar surface area (TPSA) is 237 Å². The lowest BCUT2D eigenvalue weighted by Crippen LogP contribution is -2.30. The van der Waals surface area contributed by atoms with Crippen LogP contribution in [0.3, 0.4) is 0 Å². The highest BCUT2D eigenvalue weighted by molar-refractivity contribution is 7.47. The average molecular weight is 1240 g/mol. The molecule has 498 valence electrons. The molecule has 0 radical (unpaired) electrons. The maximum atomic E-state index is 13.0. The quantitative estimate of drug-likeness (QED) is 0.0222. The third-order valence-electron chi connectivity index (χ3n) is 15.5. The molecule has 7 atom stereocenters. The zero-order valence-corrected chi connectivity index (χ0v) is 56.3. The van der Waals surface area contributed by atoms with Crippen LogP contribution in [0.5, 0.6) is 0 Å². The van der Waals surface area contributed by atoms with Crippen LogP contribution in [0.4, 0.5) is 0 Å². The first-order valence-electron chi connectivity index (χ1n) is 33.8. The molecule has 0 fully saturated rings. The van der Waals surface area contributed by atoms with Gasteiger partial charge in [0.15, 0.2) is 12.2 Å². The smallest absolute Gasteiger partial charge is 0.462 e. The van der Waals surface area contributed by atoms with Crippen molar-refractivity contribution in [3.8, 4) is 0 Å². The van der Waals surface area contributed by atoms with E-state index in [1.165, 1.54) is 109 Å². The highest BCUT2D eigenvalue weighted by Crippen LogP contribution is 2.45. The Morgan fingerprint density at radius 2 is 0.571 bits per heavy atom. The van der Waals surface area contributed by atoms with E-state index in [4.69, 9.17) is 37.0 Å². The summed E-state index contributed by atoms with van der Waals surface area (Å²) in [7, 11) is -9.89. The lowest BCUT2D eigenvalue weighted by molar-refractivity contribution is -0.161. The number of aliphatic hydroxyl groups excluding tert-OH is 1. The molecule has 0 bridgehead atoms. The Bertz CT molecular complexity index is 1680. The lowest BCUT2D eigenvalue weighted by Gasteiger charge is -2.21. The Morgan fingerprint density at radius 1 is 0.333 bits per heavy atom. The van der Waals surface area contributed by atoms with Gasteiger partial charge >= 0.3 is 39.5 Å². The van der Waals surface area contributed by atoms with Gasteiger partial charge in [-0.3, -0.25) is 37.3 Å². The van der Waals surface area contributed by atoms with E-state index in [-0.39, 0.29) is 25.7 Å². The number of ether oxygens (including phenoxy) is 4. The monoisotopic (exact) mass is 1240 g/mol. The van der Waals surface area contributed by atoms with Crippen molar-refractivity contribution in [1.82, 2.24) is 0 Å². The van der Waals surface area contributed by atoms with Crippen molar-refractivity contribution in [2.24, 2.45) is 23.7 Å². The van der Waals surface area contributed by atoms with E-state index in [1.54, 1.807) is 0 Å². The predicted octanol–water partition coefficient (Wildman–Crippen LogP) is 17.8. The van der Waals surface area contributed by atoms with Gasteiger partial charge in [-0.25, -0.2) is 9.13 Å². The van der Waals surface area contributed by atoms with E-state index in [9.17, 15) is 43.2 Å². The van der Waals surface area contributed by atoms with Crippen molar-refractivity contribution >= 4 is 39.5 Å². The fraction of sp³-hybridized carbons (Fsp3) is 0.938. The molecule has 0 spiro atoms. The molecule has 3 N–H and O–H groups in total. The molecule has 0 saturated heterocycles. The standard InChI is InChI=1S/C65H126O17P2/c1-9-57(7)43-35-27-21-23-31-39-47-64(69)81-60(51-75-62(67)45-37-29-19-15-13-11-12-14-17-25-33-41-55(3)4)53-79-83(71,72)77-49-59(66)50-78-84(73,74)80-54-61(82-65(70)48-40-32-24-22-28-36-44-58(8)10-2)52-76-63(68)46-38-30-20-16-18-26-34-42-56(5)6/h55-61,66H,9-54H2,1-8H3,(H,71,72)(H,73,74)/t57?,58?,59?,60-,61-/m1/s1. The first-order valence-corrected chi connectivity index (χ1v) is 36.8. The van der Waals surface area contributed by atoms with Crippen LogP contribution < -0.4 is 0 Å². The number of hydrogen-bond acceptors (Lipinski definition) is 15. The molecule has 0 aliphatic rings. The third-order valence-corrected chi connectivity index (χ3v) is 17.4. The van der Waals surface area contributed by atoms with Crippen LogP contribution >= 0.6 is 15.6 Å². The van der Waals surface area contributed by atoms with E-state index >= 15 is 0 Å². The second kappa shape index (κ2) is 55.2. The maximum absolute atomic E-state index is 13.0. The molecule has 19 heteroatoms. The number of aliphatic hydroxyl groups is 1. The molecule has 0 aromatic rings. The minimum Gasteiger partial charge on any atom is -0.462 e. The first kappa shape index (κ1) is 82.1. The van der Waals surface area contributed by atoms with Crippen LogP contribution in [0.15, 0.2) is 0 Å². The number of carbonyl (C=O) groups is 4. The summed E-state index contributed by atoms with van der Waals surface area (Å²) >= 11 is 0. The Labute approximate surface area is 511 Å². The number of hydrogen-bond donors (Lipinski definition) is 3. The Hall–Kier alpha value is -1.94. The minimum absolute atomic E-state index is 0.101. The van der Waals surface area contributed by atoms with Crippen molar-refractivity contribution < 1.29 is 80.2 Å². The second-order valence-electron chi connectivity index (χ2n) is 24.9. The normalized spacial score (nSPS) is 15.1. The van der Waals surface area contributed by atoms with Crippen LogP contribution in [0, 0.1) is 23.7 Å². The van der Waals surface area contributed by atoms with Crippen LogP contribution in [-0.4, -0.2) is 96.7 Å². The fourth-order valence-electron chi connectivity index (χ4n) is 9.54. The fourth-order valence-corrected chi connectivity index (χ4v) is 11.1. The third kappa shape index (κ3) is 56.6. The Morgan fingerprint density at radius 3 is 0.845 bits per heavy atom. The van der Waals surface area contributed by atoms with Crippen molar-refractivity contribution in [3.63, 3.8) is 0 Å². The second-order valence-corrected chi connectivity index (χ2v) is 27.8. The lowest BCUT2D eigenvalue weighted by atomic mass is 10.00. The summed E-state index contributed by atoms with van der Waals surface area (Å²) in [4.78, 5) is 72.2. The van der Waals surface area contributed by atoms with Gasteiger partial charge in [0, 0.05) is 25.7 Å². The molecule has 0 heterocycles. The summed E-state index contributed by atoms with van der Waals surface area (Å²) in [6.45, 7) is 14.0. The van der Waals surface area contributed by atoms with Crippen molar-refractivity contribution in [2.45, 2.75) is 331 Å². The first-order chi connectivity index (χ1) is 40.2. The molecule has 17 nitrogen and oxygen atoms in total. The molecule has 5 unspecified atom stereocenters. The summed E-state index contributed by atoms with van der Waals surface area (Å²) in [5.41, 5.74) is 0. The summed E-state index contributed by atoms with van der Waals surface area (Å²) in [5, 5.41) is 10.5. The van der Waals surface area contributed by atoms with Crippen molar-refractivity contribution in [2.75, 3.05) is 39.6 Å². The molecule has 0 aliphatic heterocycles. The van der Waals surface area contributed by atoms with Gasteiger partial charge in [0.25, 0.3) is 0 Å². The summed E-state index contributed by atoms with van der Waals surface area (Å²) < 4.78 is 68.0. The number of esters is 4. The van der Waals surface area contributed by atoms with Gasteiger partial charge in [-0.15, -0.1) is 0 Å². The highest BCUT2D eigenvalue weighted by Gasteiger charge is 2.30. The molecule has 0 aliphatic carbocycles. The zero-order valence-electron chi connectivity index (χ0n) is 54.5. The van der Waals surface area contributed by atoms with Gasteiger partial charge in [-0.2, -0.15) is 0 Å². The predicted molar refractivity (Wildman–Crippen MR) is 335 cm³/mol. The number of carbonyl (C=O) groups excluding carboxylic acids is 4. The van der Waals surface area contributed by atoms with Gasteiger partial charge in [0.1, 0.15) is 19.3 Å². The van der Waals surface area contributed by atoms with E-state index in [1.807, 2.05) is 0 Å². The van der Waals surface area contributed by atoms with Gasteiger partial charge in [0.2, 0.25) is 0 Å². The van der Waals surface area contributed by atoms with Gasteiger partial charge in [0.05, 0.1) is 26.4 Å². The van der Waals surface area contributed by atoms with Crippen molar-refractivity contribution in [1.29, 1.82) is 0 Å². The van der Waals surface area contributed by atoms with Gasteiger partial charge in [-0.1, -0.05) is 261 Å². The number of phosphoric acid groups is 2. The Kier molecular flexibility index (Phi) is 53.9. The molecule has 0 aromatic carbocycles. The molecule has 0 rings (SSSR count). The highest BCUT2D eigenvalue weighted by atomic mass is 31.2. The Balaban J connectivity index is 5.24.